The molecule has 0 unspecified atom stereocenters. The van der Waals surface area contributed by atoms with Crippen LogP contribution in [0.1, 0.15) is 15.9 Å². The summed E-state index contributed by atoms with van der Waals surface area (Å²) in [7, 11) is -2.39. The number of ether oxygens (including phenoxy) is 1. The van der Waals surface area contributed by atoms with Gasteiger partial charge in [-0.05, 0) is 31.2 Å². The van der Waals surface area contributed by atoms with E-state index < -0.39 is 21.9 Å². The van der Waals surface area contributed by atoms with E-state index >= 15 is 0 Å². The van der Waals surface area contributed by atoms with Gasteiger partial charge in [0.1, 0.15) is 16.8 Å². The van der Waals surface area contributed by atoms with Crippen molar-refractivity contribution in [3.8, 4) is 0 Å². The number of hydrogen-bond acceptors (Lipinski definition) is 4. The van der Waals surface area contributed by atoms with E-state index in [9.17, 15) is 12.8 Å². The topological polar surface area (TPSA) is 55.4 Å². The smallest absolute Gasteiger partial charge is 0.243 e. The minimum atomic E-state index is -3.90. The molecule has 0 aliphatic heterocycles. The maximum Gasteiger partial charge on any atom is 0.243 e. The molecule has 7 heteroatoms. The lowest BCUT2D eigenvalue weighted by Crippen LogP contribution is -2.29. The lowest BCUT2D eigenvalue weighted by molar-refractivity contribution is 0.110. The van der Waals surface area contributed by atoms with Gasteiger partial charge in [-0.2, -0.15) is 0 Å². The molecule has 0 aliphatic carbocycles. The Kier molecular flexibility index (Phi) is 5.10. The number of benzene rings is 1. The molecular weight excluding hydrogens is 313 g/mol. The molecule has 2 rings (SSSR count). The Morgan fingerprint density at radius 2 is 2.00 bits per heavy atom. The van der Waals surface area contributed by atoms with E-state index in [0.29, 0.717) is 0 Å². The SMILES string of the molecule is CO[C@H](CNS(=O)(=O)c1ccccc1F)c1ccc(C)s1. The Balaban J connectivity index is 2.12. The number of thiophene rings is 1. The molecule has 0 bridgehead atoms. The quantitative estimate of drug-likeness (QED) is 0.886. The lowest BCUT2D eigenvalue weighted by atomic mass is 10.3. The second-order valence-electron chi connectivity index (χ2n) is 4.46. The highest BCUT2D eigenvalue weighted by molar-refractivity contribution is 7.89. The number of methoxy groups -OCH3 is 1. The largest absolute Gasteiger partial charge is 0.375 e. The van der Waals surface area contributed by atoms with Gasteiger partial charge in [0.25, 0.3) is 0 Å². The van der Waals surface area contributed by atoms with Crippen molar-refractivity contribution in [2.45, 2.75) is 17.9 Å². The van der Waals surface area contributed by atoms with Gasteiger partial charge >= 0.3 is 0 Å². The summed E-state index contributed by atoms with van der Waals surface area (Å²) in [6, 6.07) is 9.11. The number of hydrogen-bond donors (Lipinski definition) is 1. The number of aryl methyl sites for hydroxylation is 1. The fraction of sp³-hybridized carbons (Fsp3) is 0.286. The molecule has 0 aliphatic rings. The average Bonchev–Trinajstić information content (AvgIpc) is 2.86. The Bertz CT molecular complexity index is 713. The maximum absolute atomic E-state index is 13.6. The molecule has 0 fully saturated rings. The summed E-state index contributed by atoms with van der Waals surface area (Å²) >= 11 is 1.54. The van der Waals surface area contributed by atoms with Crippen molar-refractivity contribution in [1.29, 1.82) is 0 Å². The Morgan fingerprint density at radius 1 is 1.29 bits per heavy atom. The second-order valence-corrected chi connectivity index (χ2v) is 7.51. The number of rotatable bonds is 6. The molecule has 1 aromatic carbocycles. The van der Waals surface area contributed by atoms with Crippen LogP contribution in [-0.2, 0) is 14.8 Å². The highest BCUT2D eigenvalue weighted by Crippen LogP contribution is 2.25. The number of nitrogens with one attached hydrogen (secondary N) is 1. The van der Waals surface area contributed by atoms with Crippen LogP contribution in [0.15, 0.2) is 41.3 Å². The minimum absolute atomic E-state index is 0.0487. The van der Waals surface area contributed by atoms with Crippen molar-refractivity contribution in [3.63, 3.8) is 0 Å². The molecule has 0 amide bonds. The predicted molar refractivity (Wildman–Crippen MR) is 80.4 cm³/mol. The van der Waals surface area contributed by atoms with E-state index in [-0.39, 0.29) is 11.4 Å². The summed E-state index contributed by atoms with van der Waals surface area (Å²) in [5.74, 6) is -0.772. The van der Waals surface area contributed by atoms with E-state index in [0.717, 1.165) is 15.8 Å². The third-order valence-electron chi connectivity index (χ3n) is 2.95. The van der Waals surface area contributed by atoms with Crippen LogP contribution in [0.25, 0.3) is 0 Å². The molecule has 0 spiro atoms. The second kappa shape index (κ2) is 6.65. The van der Waals surface area contributed by atoms with Gasteiger partial charge in [0.2, 0.25) is 10.0 Å². The summed E-state index contributed by atoms with van der Waals surface area (Å²) in [5, 5.41) is 0. The van der Waals surface area contributed by atoms with E-state index in [1.54, 1.807) is 0 Å². The highest BCUT2D eigenvalue weighted by atomic mass is 32.2. The molecule has 0 saturated carbocycles. The van der Waals surface area contributed by atoms with E-state index in [1.165, 1.54) is 36.6 Å². The fourth-order valence-electron chi connectivity index (χ4n) is 1.85. The molecule has 21 heavy (non-hydrogen) atoms. The molecule has 4 nitrogen and oxygen atoms in total. The highest BCUT2D eigenvalue weighted by Gasteiger charge is 2.21. The van der Waals surface area contributed by atoms with Gasteiger partial charge < -0.3 is 4.74 Å². The Morgan fingerprint density at radius 3 is 2.57 bits per heavy atom. The van der Waals surface area contributed by atoms with Gasteiger partial charge in [0.15, 0.2) is 0 Å². The van der Waals surface area contributed by atoms with Crippen LogP contribution in [0, 0.1) is 12.7 Å². The zero-order valence-corrected chi connectivity index (χ0v) is 13.3. The van der Waals surface area contributed by atoms with E-state index in [4.69, 9.17) is 4.74 Å². The molecule has 1 N–H and O–H groups in total. The summed E-state index contributed by atoms with van der Waals surface area (Å²) in [5.41, 5.74) is 0. The Labute approximate surface area is 127 Å². The molecule has 0 radical (unpaired) electrons. The monoisotopic (exact) mass is 329 g/mol. The first-order valence-corrected chi connectivity index (χ1v) is 8.57. The van der Waals surface area contributed by atoms with Gasteiger partial charge in [-0.3, -0.25) is 0 Å². The van der Waals surface area contributed by atoms with E-state index in [1.807, 2.05) is 19.1 Å². The van der Waals surface area contributed by atoms with Crippen LogP contribution in [-0.4, -0.2) is 22.1 Å². The van der Waals surface area contributed by atoms with Crippen molar-refractivity contribution >= 4 is 21.4 Å². The molecule has 1 aromatic heterocycles. The molecule has 1 heterocycles. The van der Waals surface area contributed by atoms with Crippen LogP contribution in [0.3, 0.4) is 0 Å². The van der Waals surface area contributed by atoms with Crippen LogP contribution in [0.4, 0.5) is 4.39 Å². The third-order valence-corrected chi connectivity index (χ3v) is 5.50. The van der Waals surface area contributed by atoms with Gasteiger partial charge in [0, 0.05) is 23.4 Å². The van der Waals surface area contributed by atoms with Crippen molar-refractivity contribution in [3.05, 3.63) is 52.0 Å². The first-order valence-electron chi connectivity index (χ1n) is 6.27. The zero-order chi connectivity index (χ0) is 15.5. The molecule has 0 saturated heterocycles. The van der Waals surface area contributed by atoms with Gasteiger partial charge in [0.05, 0.1) is 0 Å². The summed E-state index contributed by atoms with van der Waals surface area (Å²) < 4.78 is 45.5. The minimum Gasteiger partial charge on any atom is -0.375 e. The summed E-state index contributed by atoms with van der Waals surface area (Å²) in [6.45, 7) is 2.01. The van der Waals surface area contributed by atoms with Gasteiger partial charge in [-0.1, -0.05) is 12.1 Å². The summed E-state index contributed by atoms with van der Waals surface area (Å²) in [4.78, 5) is 1.68. The molecule has 1 atom stereocenters. The lowest BCUT2D eigenvalue weighted by Gasteiger charge is -2.15. The van der Waals surface area contributed by atoms with Crippen molar-refractivity contribution in [2.75, 3.05) is 13.7 Å². The van der Waals surface area contributed by atoms with Crippen molar-refractivity contribution in [2.24, 2.45) is 0 Å². The fourth-order valence-corrected chi connectivity index (χ4v) is 3.92. The third kappa shape index (κ3) is 3.88. The van der Waals surface area contributed by atoms with E-state index in [2.05, 4.69) is 4.72 Å². The zero-order valence-electron chi connectivity index (χ0n) is 11.7. The first-order chi connectivity index (χ1) is 9.94. The predicted octanol–water partition coefficient (Wildman–Crippen LogP) is 2.86. The molecule has 2 aromatic rings. The number of halogens is 1. The summed E-state index contributed by atoms with van der Waals surface area (Å²) in [6.07, 6.45) is -0.398. The van der Waals surface area contributed by atoms with Crippen LogP contribution < -0.4 is 4.72 Å². The van der Waals surface area contributed by atoms with Crippen molar-refractivity contribution < 1.29 is 17.5 Å². The van der Waals surface area contributed by atoms with Crippen LogP contribution >= 0.6 is 11.3 Å². The standard InChI is InChI=1S/C14H16FNO3S2/c1-10-7-8-13(20-10)12(19-2)9-16-21(17,18)14-6-4-3-5-11(14)15/h3-8,12,16H,9H2,1-2H3/t12-/m1/s1. The molecular formula is C14H16FNO3S2. The first kappa shape index (κ1) is 16.1. The Hall–Kier alpha value is -1.28. The average molecular weight is 329 g/mol. The van der Waals surface area contributed by atoms with Crippen LogP contribution in [0.5, 0.6) is 0 Å². The molecule has 114 valence electrons. The normalized spacial score (nSPS) is 13.3. The number of sulfonamides is 1. The van der Waals surface area contributed by atoms with Gasteiger partial charge in [-0.15, -0.1) is 11.3 Å². The maximum atomic E-state index is 13.6. The van der Waals surface area contributed by atoms with Crippen LogP contribution in [0.2, 0.25) is 0 Å². The van der Waals surface area contributed by atoms with Crippen molar-refractivity contribution in [1.82, 2.24) is 4.72 Å². The van der Waals surface area contributed by atoms with Gasteiger partial charge in [-0.25, -0.2) is 17.5 Å².